The summed E-state index contributed by atoms with van der Waals surface area (Å²) in [5, 5.41) is 3.08. The number of rotatable bonds is 3. The van der Waals surface area contributed by atoms with Gasteiger partial charge >= 0.3 is 0 Å². The third-order valence-corrected chi connectivity index (χ3v) is 3.59. The number of nitrogens with one attached hydrogen (secondary N) is 1. The number of hydrogen-bond donors (Lipinski definition) is 2. The molecule has 0 saturated heterocycles. The lowest BCUT2D eigenvalue weighted by atomic mass is 9.95. The number of thiocarbonyl (C=S) groups is 1. The highest BCUT2D eigenvalue weighted by Crippen LogP contribution is 2.18. The highest BCUT2D eigenvalue weighted by atomic mass is 32.1. The Morgan fingerprint density at radius 3 is 2.56 bits per heavy atom. The first-order valence-electron chi connectivity index (χ1n) is 6.37. The Bertz CT molecular complexity index is 453. The maximum Gasteiger partial charge on any atom is 0.251 e. The summed E-state index contributed by atoms with van der Waals surface area (Å²) in [5.74, 6) is -0.0278. The third-order valence-electron chi connectivity index (χ3n) is 3.35. The molecule has 2 rings (SSSR count). The Morgan fingerprint density at radius 1 is 1.22 bits per heavy atom. The monoisotopic (exact) mass is 262 g/mol. The largest absolute Gasteiger partial charge is 0.389 e. The molecule has 1 amide bonds. The Kier molecular flexibility index (Phi) is 4.31. The molecule has 0 aromatic heterocycles. The topological polar surface area (TPSA) is 55.1 Å². The molecule has 0 atom stereocenters. The van der Waals surface area contributed by atoms with Crippen LogP contribution in [0.1, 0.15) is 48.0 Å². The van der Waals surface area contributed by atoms with Crippen molar-refractivity contribution in [3.63, 3.8) is 0 Å². The molecular weight excluding hydrogens is 244 g/mol. The van der Waals surface area contributed by atoms with Crippen LogP contribution in [-0.4, -0.2) is 16.9 Å². The lowest BCUT2D eigenvalue weighted by Crippen LogP contribution is -2.36. The van der Waals surface area contributed by atoms with Crippen LogP contribution in [0.25, 0.3) is 0 Å². The van der Waals surface area contributed by atoms with Crippen LogP contribution in [0.3, 0.4) is 0 Å². The molecule has 0 heterocycles. The molecule has 0 bridgehead atoms. The number of carbonyl (C=O) groups excluding carboxylic acids is 1. The zero-order valence-electron chi connectivity index (χ0n) is 10.3. The predicted octanol–water partition coefficient (Wildman–Crippen LogP) is 2.38. The molecule has 1 fully saturated rings. The molecule has 0 unspecified atom stereocenters. The minimum atomic E-state index is -0.0278. The van der Waals surface area contributed by atoms with E-state index in [4.69, 9.17) is 18.0 Å². The second-order valence-electron chi connectivity index (χ2n) is 4.75. The molecule has 1 aromatic rings. The summed E-state index contributed by atoms with van der Waals surface area (Å²) in [6.07, 6.45) is 5.86. The van der Waals surface area contributed by atoms with Gasteiger partial charge in [-0.05, 0) is 25.0 Å². The minimum absolute atomic E-state index is 0.0278. The summed E-state index contributed by atoms with van der Waals surface area (Å²) in [6.45, 7) is 0. The van der Waals surface area contributed by atoms with Gasteiger partial charge in [0.2, 0.25) is 0 Å². The van der Waals surface area contributed by atoms with E-state index in [2.05, 4.69) is 5.32 Å². The molecule has 3 nitrogen and oxygen atoms in total. The molecule has 1 aliphatic rings. The Balaban J connectivity index is 2.03. The summed E-state index contributed by atoms with van der Waals surface area (Å²) >= 11 is 4.92. The fourth-order valence-corrected chi connectivity index (χ4v) is 2.46. The maximum atomic E-state index is 12.1. The van der Waals surface area contributed by atoms with Gasteiger partial charge < -0.3 is 11.1 Å². The number of nitrogens with two attached hydrogens (primary N) is 1. The van der Waals surface area contributed by atoms with Gasteiger partial charge in [0.05, 0.1) is 0 Å². The van der Waals surface area contributed by atoms with Gasteiger partial charge in [0.1, 0.15) is 4.99 Å². The first-order valence-corrected chi connectivity index (χ1v) is 6.78. The highest BCUT2D eigenvalue weighted by molar-refractivity contribution is 7.80. The van der Waals surface area contributed by atoms with Gasteiger partial charge in [-0.3, -0.25) is 4.79 Å². The van der Waals surface area contributed by atoms with Crippen molar-refractivity contribution in [2.24, 2.45) is 5.73 Å². The second-order valence-corrected chi connectivity index (χ2v) is 5.19. The average Bonchev–Trinajstić information content (AvgIpc) is 2.40. The van der Waals surface area contributed by atoms with Crippen LogP contribution in [0.4, 0.5) is 0 Å². The van der Waals surface area contributed by atoms with Gasteiger partial charge in [0.15, 0.2) is 0 Å². The number of amides is 1. The van der Waals surface area contributed by atoms with Gasteiger partial charge in [0.25, 0.3) is 5.91 Å². The molecule has 1 aromatic carbocycles. The van der Waals surface area contributed by atoms with E-state index in [-0.39, 0.29) is 5.91 Å². The van der Waals surface area contributed by atoms with Gasteiger partial charge in [0, 0.05) is 17.2 Å². The molecule has 96 valence electrons. The van der Waals surface area contributed by atoms with Gasteiger partial charge in [-0.15, -0.1) is 0 Å². The zero-order valence-corrected chi connectivity index (χ0v) is 11.1. The van der Waals surface area contributed by atoms with Crippen molar-refractivity contribution < 1.29 is 4.79 Å². The summed E-state index contributed by atoms with van der Waals surface area (Å²) < 4.78 is 0. The van der Waals surface area contributed by atoms with Crippen LogP contribution in [0.5, 0.6) is 0 Å². The summed E-state index contributed by atoms with van der Waals surface area (Å²) in [7, 11) is 0. The van der Waals surface area contributed by atoms with Crippen molar-refractivity contribution in [1.82, 2.24) is 5.32 Å². The molecule has 3 N–H and O–H groups in total. The van der Waals surface area contributed by atoms with Gasteiger partial charge in [-0.25, -0.2) is 0 Å². The van der Waals surface area contributed by atoms with E-state index in [1.807, 2.05) is 12.1 Å². The molecule has 18 heavy (non-hydrogen) atoms. The van der Waals surface area contributed by atoms with E-state index in [1.165, 1.54) is 19.3 Å². The van der Waals surface area contributed by atoms with E-state index in [9.17, 15) is 4.79 Å². The van der Waals surface area contributed by atoms with Crippen LogP contribution in [-0.2, 0) is 0 Å². The van der Waals surface area contributed by atoms with Crippen LogP contribution in [0, 0.1) is 0 Å². The lowest BCUT2D eigenvalue weighted by Gasteiger charge is -2.22. The van der Waals surface area contributed by atoms with Gasteiger partial charge in [-0.1, -0.05) is 43.6 Å². The van der Waals surface area contributed by atoms with Crippen LogP contribution in [0.15, 0.2) is 24.3 Å². The quantitative estimate of drug-likeness (QED) is 0.822. The SMILES string of the molecule is NC(=S)c1cccc(C(=O)NC2CCCCC2)c1. The van der Waals surface area contributed by atoms with Crippen molar-refractivity contribution in [3.05, 3.63) is 35.4 Å². The van der Waals surface area contributed by atoms with E-state index >= 15 is 0 Å². The number of carbonyl (C=O) groups is 1. The Morgan fingerprint density at radius 2 is 1.89 bits per heavy atom. The normalized spacial score (nSPS) is 16.2. The molecular formula is C14H18N2OS. The van der Waals surface area contributed by atoms with Crippen molar-refractivity contribution in [3.8, 4) is 0 Å². The van der Waals surface area contributed by atoms with Crippen LogP contribution >= 0.6 is 12.2 Å². The highest BCUT2D eigenvalue weighted by Gasteiger charge is 2.16. The fraction of sp³-hybridized carbons (Fsp3) is 0.429. The third kappa shape index (κ3) is 3.29. The number of benzene rings is 1. The average molecular weight is 262 g/mol. The van der Waals surface area contributed by atoms with Crippen molar-refractivity contribution in [1.29, 1.82) is 0 Å². The fourth-order valence-electron chi connectivity index (χ4n) is 2.33. The Labute approximate surface area is 113 Å². The van der Waals surface area contributed by atoms with E-state index in [0.29, 0.717) is 16.6 Å². The molecule has 0 radical (unpaired) electrons. The van der Waals surface area contributed by atoms with E-state index in [1.54, 1.807) is 12.1 Å². The molecule has 1 saturated carbocycles. The lowest BCUT2D eigenvalue weighted by molar-refractivity contribution is 0.0927. The van der Waals surface area contributed by atoms with Crippen molar-refractivity contribution in [2.75, 3.05) is 0 Å². The van der Waals surface area contributed by atoms with Crippen LogP contribution in [0.2, 0.25) is 0 Å². The summed E-state index contributed by atoms with van der Waals surface area (Å²) in [6, 6.07) is 7.49. The smallest absolute Gasteiger partial charge is 0.251 e. The van der Waals surface area contributed by atoms with Crippen LogP contribution < -0.4 is 11.1 Å². The molecule has 4 heteroatoms. The van der Waals surface area contributed by atoms with Crippen molar-refractivity contribution in [2.45, 2.75) is 38.1 Å². The summed E-state index contributed by atoms with van der Waals surface area (Å²) in [5.41, 5.74) is 6.93. The minimum Gasteiger partial charge on any atom is -0.389 e. The summed E-state index contributed by atoms with van der Waals surface area (Å²) in [4.78, 5) is 12.4. The molecule has 1 aliphatic carbocycles. The molecule has 0 spiro atoms. The maximum absolute atomic E-state index is 12.1. The van der Waals surface area contributed by atoms with Gasteiger partial charge in [-0.2, -0.15) is 0 Å². The van der Waals surface area contributed by atoms with Crippen molar-refractivity contribution >= 4 is 23.1 Å². The standard InChI is InChI=1S/C14H18N2OS/c15-13(18)10-5-4-6-11(9-10)14(17)16-12-7-2-1-3-8-12/h4-6,9,12H,1-3,7-8H2,(H2,15,18)(H,16,17). The Hall–Kier alpha value is -1.42. The first kappa shape index (κ1) is 13.0. The second kappa shape index (κ2) is 5.96. The first-order chi connectivity index (χ1) is 8.66. The van der Waals surface area contributed by atoms with E-state index in [0.717, 1.165) is 18.4 Å². The molecule has 0 aliphatic heterocycles. The predicted molar refractivity (Wildman–Crippen MR) is 76.7 cm³/mol. The zero-order chi connectivity index (χ0) is 13.0. The number of hydrogen-bond acceptors (Lipinski definition) is 2. The van der Waals surface area contributed by atoms with E-state index < -0.39 is 0 Å².